The molecular weight excluding hydrogens is 451 g/mol. The first-order valence-electron chi connectivity index (χ1n) is 9.46. The lowest BCUT2D eigenvalue weighted by atomic mass is 10.0. The third-order valence-corrected chi connectivity index (χ3v) is 6.80. The van der Waals surface area contributed by atoms with Crippen LogP contribution in [-0.4, -0.2) is 70.6 Å². The Labute approximate surface area is 170 Å². The summed E-state index contributed by atoms with van der Waals surface area (Å²) in [5, 5.41) is 6.69. The number of hydrogen-bond donors (Lipinski definition) is 2. The molecule has 6 nitrogen and oxygen atoms in total. The second-order valence-electron chi connectivity index (χ2n) is 7.07. The molecule has 2 fully saturated rings. The summed E-state index contributed by atoms with van der Waals surface area (Å²) in [4.78, 5) is 6.45. The van der Waals surface area contributed by atoms with Gasteiger partial charge in [0.2, 0.25) is 0 Å². The molecule has 0 spiro atoms. The average molecular weight is 486 g/mol. The van der Waals surface area contributed by atoms with Gasteiger partial charge in [-0.25, -0.2) is 8.42 Å². The normalized spacial score (nSPS) is 21.7. The number of guanidine groups is 1. The van der Waals surface area contributed by atoms with E-state index in [9.17, 15) is 8.42 Å². The molecule has 0 aromatic carbocycles. The highest BCUT2D eigenvalue weighted by Crippen LogP contribution is 2.28. The van der Waals surface area contributed by atoms with E-state index >= 15 is 0 Å². The van der Waals surface area contributed by atoms with Crippen LogP contribution in [0.15, 0.2) is 4.99 Å². The van der Waals surface area contributed by atoms with Gasteiger partial charge in [0, 0.05) is 39.8 Å². The van der Waals surface area contributed by atoms with Gasteiger partial charge in [-0.2, -0.15) is 0 Å². The van der Waals surface area contributed by atoms with Crippen LogP contribution in [-0.2, 0) is 9.84 Å². The number of unbranched alkanes of at least 4 members (excludes halogenated alkanes) is 1. The number of rotatable bonds is 8. The summed E-state index contributed by atoms with van der Waals surface area (Å²) in [7, 11) is -0.991. The number of halogens is 1. The van der Waals surface area contributed by atoms with Crippen LogP contribution in [0.4, 0.5) is 0 Å². The number of hydrogen-bond acceptors (Lipinski definition) is 4. The van der Waals surface area contributed by atoms with Crippen molar-refractivity contribution in [3.05, 3.63) is 0 Å². The van der Waals surface area contributed by atoms with Crippen LogP contribution >= 0.6 is 24.0 Å². The molecule has 0 amide bonds. The van der Waals surface area contributed by atoms with Gasteiger partial charge in [0.15, 0.2) is 15.8 Å². The monoisotopic (exact) mass is 486 g/mol. The molecular formula is C17H35IN4O2S. The fraction of sp³-hybridized carbons (Fsp3) is 0.941. The first kappa shape index (κ1) is 23.0. The van der Waals surface area contributed by atoms with Crippen LogP contribution in [0.3, 0.4) is 0 Å². The molecule has 0 bridgehead atoms. The minimum absolute atomic E-state index is 0. The summed E-state index contributed by atoms with van der Waals surface area (Å²) < 4.78 is 22.8. The highest BCUT2D eigenvalue weighted by atomic mass is 127. The summed E-state index contributed by atoms with van der Waals surface area (Å²) >= 11 is 0. The Balaban J connectivity index is 0.00000312. The maximum atomic E-state index is 11.4. The van der Waals surface area contributed by atoms with Gasteiger partial charge in [0.25, 0.3) is 0 Å². The van der Waals surface area contributed by atoms with Crippen molar-refractivity contribution < 1.29 is 8.42 Å². The van der Waals surface area contributed by atoms with E-state index in [0.717, 1.165) is 31.5 Å². The number of sulfone groups is 1. The first-order chi connectivity index (χ1) is 11.6. The highest BCUT2D eigenvalue weighted by Gasteiger charge is 2.20. The minimum atomic E-state index is -2.78. The van der Waals surface area contributed by atoms with Crippen molar-refractivity contribution in [3.63, 3.8) is 0 Å². The summed E-state index contributed by atoms with van der Waals surface area (Å²) in [5.74, 6) is 2.42. The average Bonchev–Trinajstić information content (AvgIpc) is 3.07. The Morgan fingerprint density at radius 1 is 1.08 bits per heavy atom. The van der Waals surface area contributed by atoms with Crippen molar-refractivity contribution in [2.24, 2.45) is 10.9 Å². The third-order valence-electron chi connectivity index (χ3n) is 5.19. The molecule has 148 valence electrons. The van der Waals surface area contributed by atoms with Crippen molar-refractivity contribution in [2.45, 2.75) is 44.9 Å². The largest absolute Gasteiger partial charge is 0.356 e. The summed E-state index contributed by atoms with van der Waals surface area (Å²) in [6.07, 6.45) is 9.62. The smallest absolute Gasteiger partial charge is 0.191 e. The lowest BCUT2D eigenvalue weighted by Gasteiger charge is -2.26. The second kappa shape index (κ2) is 12.3. The first-order valence-corrected chi connectivity index (χ1v) is 11.3. The molecule has 0 radical (unpaired) electrons. The molecule has 2 aliphatic rings. The number of aliphatic imine (C=N–C) groups is 1. The van der Waals surface area contributed by atoms with E-state index in [-0.39, 0.29) is 24.0 Å². The van der Waals surface area contributed by atoms with Crippen LogP contribution in [0.2, 0.25) is 0 Å². The van der Waals surface area contributed by atoms with Crippen LogP contribution in [0.1, 0.15) is 44.9 Å². The summed E-state index contributed by atoms with van der Waals surface area (Å²) in [6.45, 7) is 3.92. The van der Waals surface area contributed by atoms with Crippen molar-refractivity contribution in [1.82, 2.24) is 15.5 Å². The molecule has 0 aromatic heterocycles. The van der Waals surface area contributed by atoms with Gasteiger partial charge in [0.05, 0.1) is 11.5 Å². The van der Waals surface area contributed by atoms with Gasteiger partial charge in [0.1, 0.15) is 0 Å². The Bertz CT molecular complexity index is 479. The zero-order valence-corrected chi connectivity index (χ0v) is 18.7. The molecule has 1 aliphatic carbocycles. The van der Waals surface area contributed by atoms with Crippen molar-refractivity contribution in [1.29, 1.82) is 0 Å². The van der Waals surface area contributed by atoms with Gasteiger partial charge in [-0.3, -0.25) is 9.89 Å². The van der Waals surface area contributed by atoms with Crippen LogP contribution in [0.25, 0.3) is 0 Å². The molecule has 0 unspecified atom stereocenters. The molecule has 2 N–H and O–H groups in total. The SMILES string of the molecule is CN=C(NCCCCC1CCCC1)NCCN1CCS(=O)(=O)CC1.I. The van der Waals surface area contributed by atoms with E-state index < -0.39 is 9.84 Å². The molecule has 1 heterocycles. The third kappa shape index (κ3) is 9.42. The van der Waals surface area contributed by atoms with Crippen LogP contribution in [0, 0.1) is 5.92 Å². The lowest BCUT2D eigenvalue weighted by Crippen LogP contribution is -2.46. The molecule has 1 saturated heterocycles. The highest BCUT2D eigenvalue weighted by molar-refractivity contribution is 14.0. The predicted octanol–water partition coefficient (Wildman–Crippen LogP) is 1.86. The van der Waals surface area contributed by atoms with E-state index in [1.165, 1.54) is 44.9 Å². The summed E-state index contributed by atoms with van der Waals surface area (Å²) in [6, 6.07) is 0. The van der Waals surface area contributed by atoms with Crippen molar-refractivity contribution in [3.8, 4) is 0 Å². The van der Waals surface area contributed by atoms with Crippen molar-refractivity contribution in [2.75, 3.05) is 51.3 Å². The molecule has 1 aliphatic heterocycles. The van der Waals surface area contributed by atoms with E-state index in [1.807, 2.05) is 0 Å². The topological polar surface area (TPSA) is 73.8 Å². The van der Waals surface area contributed by atoms with Crippen molar-refractivity contribution >= 4 is 39.8 Å². The van der Waals surface area contributed by atoms with Crippen LogP contribution < -0.4 is 10.6 Å². The molecule has 2 rings (SSSR count). The Morgan fingerprint density at radius 2 is 1.72 bits per heavy atom. The van der Waals surface area contributed by atoms with Gasteiger partial charge < -0.3 is 10.6 Å². The van der Waals surface area contributed by atoms with E-state index in [2.05, 4.69) is 20.5 Å². The Kier molecular flexibility index (Phi) is 11.3. The Morgan fingerprint density at radius 3 is 2.36 bits per heavy atom. The molecule has 0 atom stereocenters. The standard InChI is InChI=1S/C17H34N4O2S.HI/c1-18-17(19-9-5-4-8-16-6-2-3-7-16)20-10-11-21-12-14-24(22,23)15-13-21;/h16H,2-15H2,1H3,(H2,18,19,20);1H. The molecule has 0 aromatic rings. The van der Waals surface area contributed by atoms with E-state index in [0.29, 0.717) is 24.6 Å². The Hall–Kier alpha value is -0.0900. The van der Waals surface area contributed by atoms with Crippen LogP contribution in [0.5, 0.6) is 0 Å². The second-order valence-corrected chi connectivity index (χ2v) is 9.37. The lowest BCUT2D eigenvalue weighted by molar-refractivity contribution is 0.299. The molecule has 25 heavy (non-hydrogen) atoms. The van der Waals surface area contributed by atoms with Gasteiger partial charge >= 0.3 is 0 Å². The molecule has 1 saturated carbocycles. The van der Waals surface area contributed by atoms with Gasteiger partial charge in [-0.05, 0) is 12.3 Å². The number of nitrogens with zero attached hydrogens (tertiary/aromatic N) is 2. The fourth-order valence-electron chi connectivity index (χ4n) is 3.59. The number of nitrogens with one attached hydrogen (secondary N) is 2. The van der Waals surface area contributed by atoms with E-state index in [4.69, 9.17) is 0 Å². The van der Waals surface area contributed by atoms with Gasteiger partial charge in [-0.15, -0.1) is 24.0 Å². The minimum Gasteiger partial charge on any atom is -0.356 e. The van der Waals surface area contributed by atoms with Gasteiger partial charge in [-0.1, -0.05) is 38.5 Å². The summed E-state index contributed by atoms with van der Waals surface area (Å²) in [5.41, 5.74) is 0. The predicted molar refractivity (Wildman–Crippen MR) is 116 cm³/mol. The zero-order chi connectivity index (χ0) is 17.3. The maximum Gasteiger partial charge on any atom is 0.191 e. The fourth-order valence-corrected chi connectivity index (χ4v) is 4.87. The van der Waals surface area contributed by atoms with E-state index in [1.54, 1.807) is 7.05 Å². The quantitative estimate of drug-likeness (QED) is 0.237. The maximum absolute atomic E-state index is 11.4. The zero-order valence-electron chi connectivity index (χ0n) is 15.5. The molecule has 8 heteroatoms.